The van der Waals surface area contributed by atoms with Gasteiger partial charge in [0.05, 0.1) is 7.11 Å². The zero-order valence-corrected chi connectivity index (χ0v) is 22.8. The van der Waals surface area contributed by atoms with Gasteiger partial charge in [-0.1, -0.05) is 26.0 Å². The second-order valence-electron chi connectivity index (χ2n) is 12.7. The van der Waals surface area contributed by atoms with Crippen LogP contribution in [0.2, 0.25) is 0 Å². The molecule has 4 nitrogen and oxygen atoms in total. The number of hydrogen-bond acceptors (Lipinski definition) is 4. The van der Waals surface area contributed by atoms with Crippen LogP contribution in [0.3, 0.4) is 0 Å². The SMILES string of the molecule is COc1ccsc1CC(C)(C)NC(=O)[C@H]1CC[C@H]2[C@@H]3CC=C4C=C(C=O)CC[C@]4(C)[C@H]3CC[C@]12C. The number of aldehydes is 1. The highest BCUT2D eigenvalue weighted by Crippen LogP contribution is 2.66. The monoisotopic (exact) mass is 495 g/mol. The minimum absolute atomic E-state index is 0.0715. The van der Waals surface area contributed by atoms with Gasteiger partial charge in [-0.15, -0.1) is 11.3 Å². The molecule has 2 saturated carbocycles. The van der Waals surface area contributed by atoms with E-state index in [1.54, 1.807) is 18.4 Å². The molecule has 4 aliphatic carbocycles. The maximum absolute atomic E-state index is 13.7. The number of methoxy groups -OCH3 is 1. The van der Waals surface area contributed by atoms with E-state index >= 15 is 0 Å². The van der Waals surface area contributed by atoms with Gasteiger partial charge in [-0.05, 0) is 110 Å². The van der Waals surface area contributed by atoms with Gasteiger partial charge in [0, 0.05) is 22.8 Å². The third-order valence-corrected chi connectivity index (χ3v) is 11.2. The molecule has 5 rings (SSSR count). The van der Waals surface area contributed by atoms with Gasteiger partial charge in [0.1, 0.15) is 12.0 Å². The summed E-state index contributed by atoms with van der Waals surface area (Å²) in [6.07, 6.45) is 14.0. The Morgan fingerprint density at radius 3 is 2.77 bits per heavy atom. The van der Waals surface area contributed by atoms with E-state index in [1.807, 2.05) is 6.07 Å². The Balaban J connectivity index is 1.32. The van der Waals surface area contributed by atoms with Crippen LogP contribution in [-0.4, -0.2) is 24.8 Å². The summed E-state index contributed by atoms with van der Waals surface area (Å²) < 4.78 is 5.50. The molecule has 1 aromatic heterocycles. The molecule has 0 unspecified atom stereocenters. The Kier molecular flexibility index (Phi) is 6.31. The van der Waals surface area contributed by atoms with Crippen molar-refractivity contribution in [3.8, 4) is 5.75 Å². The van der Waals surface area contributed by atoms with Gasteiger partial charge in [-0.25, -0.2) is 0 Å². The zero-order chi connectivity index (χ0) is 25.0. The number of amides is 1. The predicted octanol–water partition coefficient (Wildman–Crippen LogP) is 6.51. The molecule has 0 aliphatic heterocycles. The molecule has 4 aliphatic rings. The predicted molar refractivity (Wildman–Crippen MR) is 142 cm³/mol. The number of allylic oxidation sites excluding steroid dienone is 4. The van der Waals surface area contributed by atoms with E-state index in [9.17, 15) is 9.59 Å². The number of thiophene rings is 1. The Bertz CT molecular complexity index is 1070. The van der Waals surface area contributed by atoms with Gasteiger partial charge in [-0.3, -0.25) is 9.59 Å². The van der Waals surface area contributed by atoms with Crippen LogP contribution in [0, 0.1) is 34.5 Å². The second-order valence-corrected chi connectivity index (χ2v) is 13.7. The Labute approximate surface area is 214 Å². The van der Waals surface area contributed by atoms with Crippen LogP contribution in [-0.2, 0) is 16.0 Å². The fourth-order valence-corrected chi connectivity index (χ4v) is 9.44. The molecule has 190 valence electrons. The molecule has 35 heavy (non-hydrogen) atoms. The molecule has 0 saturated heterocycles. The summed E-state index contributed by atoms with van der Waals surface area (Å²) >= 11 is 1.70. The quantitative estimate of drug-likeness (QED) is 0.458. The van der Waals surface area contributed by atoms with E-state index < -0.39 is 0 Å². The van der Waals surface area contributed by atoms with Gasteiger partial charge in [0.2, 0.25) is 5.91 Å². The molecule has 0 bridgehead atoms. The van der Waals surface area contributed by atoms with Gasteiger partial charge in [0.25, 0.3) is 0 Å². The summed E-state index contributed by atoms with van der Waals surface area (Å²) in [7, 11) is 1.71. The lowest BCUT2D eigenvalue weighted by atomic mass is 9.48. The first-order valence-corrected chi connectivity index (χ1v) is 14.3. The maximum atomic E-state index is 13.7. The Morgan fingerprint density at radius 2 is 2.03 bits per heavy atom. The Hall–Kier alpha value is -1.88. The van der Waals surface area contributed by atoms with Crippen LogP contribution in [0.15, 0.2) is 34.7 Å². The molecule has 2 fully saturated rings. The van der Waals surface area contributed by atoms with Crippen molar-refractivity contribution >= 4 is 23.5 Å². The van der Waals surface area contributed by atoms with Crippen LogP contribution < -0.4 is 10.1 Å². The standard InChI is InChI=1S/C30H41NO3S/c1-28(2,17-26-25(34-5)12-15-35-26)31-27(33)24-9-8-22-21-7-6-20-16-19(18-32)10-13-29(20,3)23(21)11-14-30(22,24)4/h6,12,15-16,18,21-24H,7-11,13-14,17H2,1-5H3,(H,31,33)/t21-,22-,23-,24+,29-,30-/m0/s1. The first-order valence-electron chi connectivity index (χ1n) is 13.4. The van der Waals surface area contributed by atoms with Crippen LogP contribution in [0.25, 0.3) is 0 Å². The minimum Gasteiger partial charge on any atom is -0.496 e. The highest BCUT2D eigenvalue weighted by Gasteiger charge is 2.59. The number of carbonyl (C=O) groups is 2. The highest BCUT2D eigenvalue weighted by molar-refractivity contribution is 7.10. The fraction of sp³-hybridized carbons (Fsp3) is 0.667. The number of fused-ring (bicyclic) bond motifs is 5. The molecular weight excluding hydrogens is 454 g/mol. The molecule has 5 heteroatoms. The summed E-state index contributed by atoms with van der Waals surface area (Å²) in [4.78, 5) is 26.3. The van der Waals surface area contributed by atoms with E-state index in [0.29, 0.717) is 17.8 Å². The van der Waals surface area contributed by atoms with Gasteiger partial charge >= 0.3 is 0 Å². The van der Waals surface area contributed by atoms with E-state index in [4.69, 9.17) is 4.74 Å². The average molecular weight is 496 g/mol. The summed E-state index contributed by atoms with van der Waals surface area (Å²) in [6.45, 7) is 9.12. The van der Waals surface area contributed by atoms with Crippen LogP contribution >= 0.6 is 11.3 Å². The van der Waals surface area contributed by atoms with Crippen molar-refractivity contribution in [1.29, 1.82) is 0 Å². The third kappa shape index (κ3) is 4.12. The largest absolute Gasteiger partial charge is 0.496 e. The smallest absolute Gasteiger partial charge is 0.224 e. The topological polar surface area (TPSA) is 55.4 Å². The van der Waals surface area contributed by atoms with E-state index in [1.165, 1.54) is 16.9 Å². The molecule has 0 aromatic carbocycles. The molecule has 6 atom stereocenters. The fourth-order valence-electron chi connectivity index (χ4n) is 8.38. The summed E-state index contributed by atoms with van der Waals surface area (Å²) in [6, 6.07) is 2.01. The minimum atomic E-state index is -0.318. The van der Waals surface area contributed by atoms with E-state index in [-0.39, 0.29) is 28.2 Å². The summed E-state index contributed by atoms with van der Waals surface area (Å²) in [5.74, 6) is 3.15. The van der Waals surface area contributed by atoms with Gasteiger partial charge in [-0.2, -0.15) is 0 Å². The zero-order valence-electron chi connectivity index (χ0n) is 22.0. The van der Waals surface area contributed by atoms with Crippen molar-refractivity contribution in [2.24, 2.45) is 34.5 Å². The van der Waals surface area contributed by atoms with Gasteiger partial charge in [0.15, 0.2) is 0 Å². The highest BCUT2D eigenvalue weighted by atomic mass is 32.1. The van der Waals surface area contributed by atoms with Crippen LogP contribution in [0.5, 0.6) is 5.75 Å². The number of hydrogen-bond donors (Lipinski definition) is 1. The van der Waals surface area contributed by atoms with Crippen LogP contribution in [0.4, 0.5) is 0 Å². The number of carbonyl (C=O) groups excluding carboxylic acids is 2. The number of nitrogens with one attached hydrogen (secondary N) is 1. The molecule has 1 heterocycles. The molecule has 1 aromatic rings. The Morgan fingerprint density at radius 1 is 1.23 bits per heavy atom. The maximum Gasteiger partial charge on any atom is 0.224 e. The van der Waals surface area contributed by atoms with Crippen LogP contribution in [0.1, 0.15) is 77.5 Å². The van der Waals surface area contributed by atoms with E-state index in [2.05, 4.69) is 50.5 Å². The number of ether oxygens (including phenoxy) is 1. The molecule has 1 amide bonds. The van der Waals surface area contributed by atoms with Crippen molar-refractivity contribution in [1.82, 2.24) is 5.32 Å². The summed E-state index contributed by atoms with van der Waals surface area (Å²) in [5, 5.41) is 5.50. The third-order valence-electron chi connectivity index (χ3n) is 10.3. The average Bonchev–Trinajstić information content (AvgIpc) is 3.40. The first-order chi connectivity index (χ1) is 16.6. The molecule has 0 spiro atoms. The lowest BCUT2D eigenvalue weighted by Crippen LogP contribution is -2.53. The van der Waals surface area contributed by atoms with Crippen molar-refractivity contribution in [3.63, 3.8) is 0 Å². The second kappa shape index (κ2) is 8.90. The molecular formula is C30H41NO3S. The van der Waals surface area contributed by atoms with Crippen molar-refractivity contribution in [2.45, 2.75) is 84.6 Å². The first kappa shape index (κ1) is 24.8. The van der Waals surface area contributed by atoms with E-state index in [0.717, 1.165) is 62.6 Å². The lowest BCUT2D eigenvalue weighted by molar-refractivity contribution is -0.133. The lowest BCUT2D eigenvalue weighted by Gasteiger charge is -2.57. The van der Waals surface area contributed by atoms with Crippen molar-refractivity contribution in [3.05, 3.63) is 39.6 Å². The normalized spacial score (nSPS) is 36.3. The molecule has 0 radical (unpaired) electrons. The number of rotatable bonds is 6. The van der Waals surface area contributed by atoms with Crippen molar-refractivity contribution < 1.29 is 14.3 Å². The van der Waals surface area contributed by atoms with Crippen molar-refractivity contribution in [2.75, 3.05) is 7.11 Å². The molecule has 1 N–H and O–H groups in total. The van der Waals surface area contributed by atoms with Gasteiger partial charge < -0.3 is 10.1 Å². The summed E-state index contributed by atoms with van der Waals surface area (Å²) in [5.41, 5.74) is 2.28.